The van der Waals surface area contributed by atoms with Crippen molar-refractivity contribution in [1.29, 1.82) is 0 Å². The SMILES string of the molecule is CN1CCC(Oc2cc(NC(=O)c3cccc4ncccc34)ccn2)CC1. The fourth-order valence-corrected chi connectivity index (χ4v) is 3.32. The number of aromatic nitrogens is 2. The molecule has 27 heavy (non-hydrogen) atoms. The highest BCUT2D eigenvalue weighted by molar-refractivity contribution is 6.12. The molecular formula is C21H22N4O2. The van der Waals surface area contributed by atoms with Crippen molar-refractivity contribution < 1.29 is 9.53 Å². The summed E-state index contributed by atoms with van der Waals surface area (Å²) in [7, 11) is 2.12. The Morgan fingerprint density at radius 1 is 1.11 bits per heavy atom. The number of pyridine rings is 2. The number of benzene rings is 1. The van der Waals surface area contributed by atoms with Gasteiger partial charge < -0.3 is 15.0 Å². The molecule has 6 heteroatoms. The van der Waals surface area contributed by atoms with E-state index in [0.29, 0.717) is 17.1 Å². The first kappa shape index (κ1) is 17.4. The molecule has 4 rings (SSSR count). The number of rotatable bonds is 4. The molecule has 1 fully saturated rings. The molecule has 138 valence electrons. The zero-order valence-electron chi connectivity index (χ0n) is 15.3. The van der Waals surface area contributed by atoms with Gasteiger partial charge in [0, 0.05) is 48.2 Å². The molecule has 1 saturated heterocycles. The molecule has 1 aromatic carbocycles. The molecule has 0 atom stereocenters. The van der Waals surface area contributed by atoms with Crippen LogP contribution in [0.25, 0.3) is 10.9 Å². The summed E-state index contributed by atoms with van der Waals surface area (Å²) in [4.78, 5) is 23.6. The number of amides is 1. The topological polar surface area (TPSA) is 67.3 Å². The largest absolute Gasteiger partial charge is 0.474 e. The Labute approximate surface area is 158 Å². The van der Waals surface area contributed by atoms with E-state index < -0.39 is 0 Å². The number of anilines is 1. The van der Waals surface area contributed by atoms with Crippen molar-refractivity contribution in [1.82, 2.24) is 14.9 Å². The molecule has 1 N–H and O–H groups in total. The maximum Gasteiger partial charge on any atom is 0.256 e. The lowest BCUT2D eigenvalue weighted by atomic mass is 10.1. The first-order valence-corrected chi connectivity index (χ1v) is 9.15. The van der Waals surface area contributed by atoms with Crippen molar-refractivity contribution in [2.75, 3.05) is 25.5 Å². The molecule has 3 aromatic rings. The fourth-order valence-electron chi connectivity index (χ4n) is 3.32. The van der Waals surface area contributed by atoms with E-state index in [-0.39, 0.29) is 12.0 Å². The monoisotopic (exact) mass is 362 g/mol. The van der Waals surface area contributed by atoms with Crippen molar-refractivity contribution >= 4 is 22.5 Å². The number of hydrogen-bond acceptors (Lipinski definition) is 5. The predicted octanol–water partition coefficient (Wildman–Crippen LogP) is 3.36. The Bertz CT molecular complexity index is 946. The number of nitrogens with zero attached hydrogens (tertiary/aromatic N) is 3. The second kappa shape index (κ2) is 7.72. The zero-order chi connectivity index (χ0) is 18.6. The number of carbonyl (C=O) groups excluding carboxylic acids is 1. The Balaban J connectivity index is 1.48. The number of likely N-dealkylation sites (tertiary alicyclic amines) is 1. The molecule has 0 spiro atoms. The van der Waals surface area contributed by atoms with E-state index in [2.05, 4.69) is 27.2 Å². The van der Waals surface area contributed by atoms with Gasteiger partial charge in [-0.2, -0.15) is 0 Å². The number of hydrogen-bond donors (Lipinski definition) is 1. The standard InChI is InChI=1S/C21H22N4O2/c1-25-12-8-16(9-13-25)27-20-14-15(7-11-23-20)24-21(26)18-4-2-6-19-17(18)5-3-10-22-19/h2-7,10-11,14,16H,8-9,12-13H2,1H3,(H,23,24,26). The van der Waals surface area contributed by atoms with Crippen molar-refractivity contribution in [2.24, 2.45) is 0 Å². The predicted molar refractivity (Wildman–Crippen MR) is 105 cm³/mol. The number of fused-ring (bicyclic) bond motifs is 1. The molecule has 0 unspecified atom stereocenters. The molecule has 1 amide bonds. The summed E-state index contributed by atoms with van der Waals surface area (Å²) in [6.07, 6.45) is 5.52. The Kier molecular flexibility index (Phi) is 4.98. The van der Waals surface area contributed by atoms with Gasteiger partial charge in [0.25, 0.3) is 5.91 Å². The summed E-state index contributed by atoms with van der Waals surface area (Å²) < 4.78 is 6.00. The van der Waals surface area contributed by atoms with Gasteiger partial charge >= 0.3 is 0 Å². The van der Waals surface area contributed by atoms with E-state index in [0.717, 1.165) is 36.8 Å². The van der Waals surface area contributed by atoms with Gasteiger partial charge in [-0.15, -0.1) is 0 Å². The van der Waals surface area contributed by atoms with Crippen LogP contribution in [0.3, 0.4) is 0 Å². The average Bonchev–Trinajstić information content (AvgIpc) is 2.69. The number of carbonyl (C=O) groups is 1. The summed E-state index contributed by atoms with van der Waals surface area (Å²) >= 11 is 0. The fraction of sp³-hybridized carbons (Fsp3) is 0.286. The number of ether oxygens (including phenoxy) is 1. The van der Waals surface area contributed by atoms with Crippen molar-refractivity contribution in [2.45, 2.75) is 18.9 Å². The number of nitrogens with one attached hydrogen (secondary N) is 1. The van der Waals surface area contributed by atoms with Crippen LogP contribution < -0.4 is 10.1 Å². The molecule has 0 bridgehead atoms. The summed E-state index contributed by atoms with van der Waals surface area (Å²) in [6.45, 7) is 2.05. The quantitative estimate of drug-likeness (QED) is 0.771. The van der Waals surface area contributed by atoms with Gasteiger partial charge in [-0.3, -0.25) is 9.78 Å². The van der Waals surface area contributed by atoms with Crippen molar-refractivity contribution in [3.8, 4) is 5.88 Å². The molecule has 3 heterocycles. The summed E-state index contributed by atoms with van der Waals surface area (Å²) in [5.74, 6) is 0.368. The summed E-state index contributed by atoms with van der Waals surface area (Å²) in [6, 6.07) is 12.8. The first-order chi connectivity index (χ1) is 13.2. The van der Waals surface area contributed by atoms with Gasteiger partial charge in [0.1, 0.15) is 6.10 Å². The maximum absolute atomic E-state index is 12.8. The van der Waals surface area contributed by atoms with Gasteiger partial charge in [0.15, 0.2) is 0 Å². The summed E-state index contributed by atoms with van der Waals surface area (Å²) in [5.41, 5.74) is 2.06. The van der Waals surface area contributed by atoms with Gasteiger partial charge in [-0.05, 0) is 44.2 Å². The molecular weight excluding hydrogens is 340 g/mol. The smallest absolute Gasteiger partial charge is 0.256 e. The maximum atomic E-state index is 12.8. The van der Waals surface area contributed by atoms with E-state index in [1.54, 1.807) is 30.6 Å². The van der Waals surface area contributed by atoms with Gasteiger partial charge in [0.2, 0.25) is 5.88 Å². The average molecular weight is 362 g/mol. The van der Waals surface area contributed by atoms with E-state index in [9.17, 15) is 4.79 Å². The highest BCUT2D eigenvalue weighted by Gasteiger charge is 2.19. The highest BCUT2D eigenvalue weighted by atomic mass is 16.5. The van der Waals surface area contributed by atoms with E-state index in [1.165, 1.54) is 0 Å². The lowest BCUT2D eigenvalue weighted by Crippen LogP contribution is -2.35. The van der Waals surface area contributed by atoms with Crippen molar-refractivity contribution in [3.05, 3.63) is 60.4 Å². The van der Waals surface area contributed by atoms with Gasteiger partial charge in [0.05, 0.1) is 5.52 Å². The molecule has 0 saturated carbocycles. The van der Waals surface area contributed by atoms with Crippen LogP contribution in [0.5, 0.6) is 5.88 Å². The van der Waals surface area contributed by atoms with Crippen LogP contribution in [0.2, 0.25) is 0 Å². The van der Waals surface area contributed by atoms with Gasteiger partial charge in [-0.1, -0.05) is 12.1 Å². The Morgan fingerprint density at radius 2 is 1.96 bits per heavy atom. The molecule has 1 aliphatic rings. The second-order valence-electron chi connectivity index (χ2n) is 6.83. The third-order valence-electron chi connectivity index (χ3n) is 4.84. The molecule has 0 radical (unpaired) electrons. The minimum absolute atomic E-state index is 0.170. The van der Waals surface area contributed by atoms with E-state index in [4.69, 9.17) is 4.74 Å². The third kappa shape index (κ3) is 4.06. The van der Waals surface area contributed by atoms with Crippen molar-refractivity contribution in [3.63, 3.8) is 0 Å². The molecule has 2 aromatic heterocycles. The lowest BCUT2D eigenvalue weighted by molar-refractivity contribution is 0.102. The van der Waals surface area contributed by atoms with Crippen LogP contribution in [0.1, 0.15) is 23.2 Å². The third-order valence-corrected chi connectivity index (χ3v) is 4.84. The second-order valence-corrected chi connectivity index (χ2v) is 6.83. The van der Waals surface area contributed by atoms with Crippen LogP contribution in [0, 0.1) is 0 Å². The lowest BCUT2D eigenvalue weighted by Gasteiger charge is -2.28. The van der Waals surface area contributed by atoms with Crippen LogP contribution in [-0.2, 0) is 0 Å². The van der Waals surface area contributed by atoms with Crippen LogP contribution in [-0.4, -0.2) is 47.0 Å². The van der Waals surface area contributed by atoms with E-state index >= 15 is 0 Å². The normalized spacial score (nSPS) is 15.6. The molecule has 1 aliphatic heterocycles. The summed E-state index contributed by atoms with van der Waals surface area (Å²) in [5, 5.41) is 3.77. The Hall–Kier alpha value is -2.99. The van der Waals surface area contributed by atoms with Crippen LogP contribution in [0.15, 0.2) is 54.9 Å². The Morgan fingerprint density at radius 3 is 2.81 bits per heavy atom. The van der Waals surface area contributed by atoms with Crippen LogP contribution >= 0.6 is 0 Å². The molecule has 0 aliphatic carbocycles. The zero-order valence-corrected chi connectivity index (χ0v) is 15.3. The first-order valence-electron chi connectivity index (χ1n) is 9.15. The molecule has 6 nitrogen and oxygen atoms in total. The van der Waals surface area contributed by atoms with E-state index in [1.807, 2.05) is 24.3 Å². The minimum atomic E-state index is -0.176. The minimum Gasteiger partial charge on any atom is -0.474 e. The van der Waals surface area contributed by atoms with Gasteiger partial charge in [-0.25, -0.2) is 4.98 Å². The van der Waals surface area contributed by atoms with Crippen LogP contribution in [0.4, 0.5) is 5.69 Å². The highest BCUT2D eigenvalue weighted by Crippen LogP contribution is 2.22. The number of piperidine rings is 1.